The molecule has 0 spiro atoms. The molecule has 2 aromatic carbocycles. The molecule has 2 unspecified atom stereocenters. The van der Waals surface area contributed by atoms with Crippen molar-refractivity contribution < 1.29 is 23.1 Å². The number of carbonyl (C=O) groups is 2. The zero-order chi connectivity index (χ0) is 25.7. The molecule has 1 aliphatic rings. The maximum absolute atomic E-state index is 13.6. The van der Waals surface area contributed by atoms with Gasteiger partial charge in [0, 0.05) is 23.5 Å². The summed E-state index contributed by atoms with van der Waals surface area (Å²) in [7, 11) is 0. The Bertz CT molecular complexity index is 1180. The zero-order valence-electron chi connectivity index (χ0n) is 20.5. The summed E-state index contributed by atoms with van der Waals surface area (Å²) in [5, 5.41) is 2.01. The first-order chi connectivity index (χ1) is 17.4. The van der Waals surface area contributed by atoms with Gasteiger partial charge in [-0.2, -0.15) is 0 Å². The molecule has 1 aliphatic heterocycles. The van der Waals surface area contributed by atoms with Crippen LogP contribution in [0.1, 0.15) is 47.1 Å². The van der Waals surface area contributed by atoms with E-state index in [0.29, 0.717) is 24.4 Å². The molecule has 0 aliphatic carbocycles. The molecular formula is C28H30F2N2O3S. The van der Waals surface area contributed by atoms with Crippen molar-refractivity contribution in [1.82, 2.24) is 9.80 Å². The van der Waals surface area contributed by atoms with Crippen molar-refractivity contribution in [2.24, 2.45) is 5.92 Å². The summed E-state index contributed by atoms with van der Waals surface area (Å²) in [4.78, 5) is 31.5. The lowest BCUT2D eigenvalue weighted by molar-refractivity contribution is -0.135. The minimum absolute atomic E-state index is 0.0763. The number of ether oxygens (including phenoxy) is 1. The van der Waals surface area contributed by atoms with E-state index >= 15 is 0 Å². The molecule has 36 heavy (non-hydrogen) atoms. The lowest BCUT2D eigenvalue weighted by atomic mass is 10.00. The van der Waals surface area contributed by atoms with E-state index < -0.39 is 5.82 Å². The SMILES string of the molecule is CCC(C)CN(CC(=O)N1CCc2sccc2C1COc1ccc(F)cc1)C(=O)c1ccc(F)cc1. The molecule has 0 fully saturated rings. The molecule has 0 bridgehead atoms. The Hall–Kier alpha value is -3.26. The van der Waals surface area contributed by atoms with Crippen LogP contribution in [-0.4, -0.2) is 47.9 Å². The van der Waals surface area contributed by atoms with Crippen LogP contribution in [0.25, 0.3) is 0 Å². The summed E-state index contributed by atoms with van der Waals surface area (Å²) in [5.41, 5.74) is 1.39. The highest BCUT2D eigenvalue weighted by Crippen LogP contribution is 2.34. The Balaban J connectivity index is 1.53. The van der Waals surface area contributed by atoms with Gasteiger partial charge >= 0.3 is 0 Å². The first-order valence-corrected chi connectivity index (χ1v) is 13.0. The van der Waals surface area contributed by atoms with Crippen LogP contribution in [0.5, 0.6) is 5.75 Å². The Labute approximate surface area is 214 Å². The predicted octanol–water partition coefficient (Wildman–Crippen LogP) is 5.72. The van der Waals surface area contributed by atoms with Gasteiger partial charge in [0.1, 0.15) is 30.5 Å². The third-order valence-corrected chi connectivity index (χ3v) is 7.57. The minimum Gasteiger partial charge on any atom is -0.491 e. The van der Waals surface area contributed by atoms with Gasteiger partial charge in [0.2, 0.25) is 5.91 Å². The van der Waals surface area contributed by atoms with Crippen molar-refractivity contribution in [2.45, 2.75) is 32.7 Å². The molecule has 8 heteroatoms. The smallest absolute Gasteiger partial charge is 0.254 e. The molecule has 1 aromatic heterocycles. The topological polar surface area (TPSA) is 49.9 Å². The third-order valence-electron chi connectivity index (χ3n) is 6.57. The monoisotopic (exact) mass is 512 g/mol. The van der Waals surface area contributed by atoms with Crippen LogP contribution in [0.15, 0.2) is 60.0 Å². The largest absolute Gasteiger partial charge is 0.491 e. The number of halogens is 2. The molecule has 3 aromatic rings. The molecule has 5 nitrogen and oxygen atoms in total. The Morgan fingerprint density at radius 3 is 2.42 bits per heavy atom. The molecule has 2 heterocycles. The maximum Gasteiger partial charge on any atom is 0.254 e. The van der Waals surface area contributed by atoms with Crippen molar-refractivity contribution in [3.05, 3.63) is 87.6 Å². The average molecular weight is 513 g/mol. The van der Waals surface area contributed by atoms with Gasteiger partial charge in [0.15, 0.2) is 0 Å². The van der Waals surface area contributed by atoms with Crippen LogP contribution in [0, 0.1) is 17.6 Å². The highest BCUT2D eigenvalue weighted by Gasteiger charge is 2.34. The van der Waals surface area contributed by atoms with Crippen molar-refractivity contribution in [1.29, 1.82) is 0 Å². The second-order valence-electron chi connectivity index (χ2n) is 9.12. The van der Waals surface area contributed by atoms with Crippen LogP contribution in [-0.2, 0) is 11.2 Å². The zero-order valence-corrected chi connectivity index (χ0v) is 21.3. The molecule has 2 amide bonds. The van der Waals surface area contributed by atoms with E-state index in [9.17, 15) is 18.4 Å². The Kier molecular flexibility index (Phi) is 8.36. The molecular weight excluding hydrogens is 482 g/mol. The molecule has 4 rings (SSSR count). The molecule has 2 atom stereocenters. The summed E-state index contributed by atoms with van der Waals surface area (Å²) in [5.74, 6) is -0.501. The summed E-state index contributed by atoms with van der Waals surface area (Å²) in [6, 6.07) is 12.9. The van der Waals surface area contributed by atoms with Gasteiger partial charge in [0.25, 0.3) is 5.91 Å². The summed E-state index contributed by atoms with van der Waals surface area (Å²) in [6.07, 6.45) is 1.60. The first kappa shape index (κ1) is 25.8. The van der Waals surface area contributed by atoms with Crippen molar-refractivity contribution in [3.63, 3.8) is 0 Å². The van der Waals surface area contributed by atoms with Crippen LogP contribution >= 0.6 is 11.3 Å². The van der Waals surface area contributed by atoms with Crippen LogP contribution < -0.4 is 4.74 Å². The van der Waals surface area contributed by atoms with Crippen molar-refractivity contribution in [3.8, 4) is 5.75 Å². The number of amides is 2. The number of benzene rings is 2. The van der Waals surface area contributed by atoms with Gasteiger partial charge in [-0.1, -0.05) is 20.3 Å². The van der Waals surface area contributed by atoms with E-state index in [4.69, 9.17) is 4.74 Å². The van der Waals surface area contributed by atoms with Gasteiger partial charge in [-0.15, -0.1) is 11.3 Å². The molecule has 0 radical (unpaired) electrons. The van der Waals surface area contributed by atoms with Crippen LogP contribution in [0.3, 0.4) is 0 Å². The Morgan fingerprint density at radius 2 is 1.75 bits per heavy atom. The number of thiophene rings is 1. The molecule has 0 saturated heterocycles. The number of hydrogen-bond donors (Lipinski definition) is 0. The second kappa shape index (κ2) is 11.6. The van der Waals surface area contributed by atoms with Gasteiger partial charge in [-0.3, -0.25) is 9.59 Å². The van der Waals surface area contributed by atoms with E-state index in [1.54, 1.807) is 33.3 Å². The summed E-state index contributed by atoms with van der Waals surface area (Å²) < 4.78 is 32.6. The number of nitrogens with zero attached hydrogens (tertiary/aromatic N) is 2. The van der Waals surface area contributed by atoms with E-state index in [1.165, 1.54) is 41.3 Å². The predicted molar refractivity (Wildman–Crippen MR) is 136 cm³/mol. The summed E-state index contributed by atoms with van der Waals surface area (Å²) >= 11 is 1.66. The lowest BCUT2D eigenvalue weighted by Crippen LogP contribution is -2.48. The van der Waals surface area contributed by atoms with E-state index in [-0.39, 0.29) is 42.7 Å². The fourth-order valence-electron chi connectivity index (χ4n) is 4.33. The van der Waals surface area contributed by atoms with E-state index in [1.807, 2.05) is 25.3 Å². The van der Waals surface area contributed by atoms with Crippen LogP contribution in [0.2, 0.25) is 0 Å². The molecule has 190 valence electrons. The van der Waals surface area contributed by atoms with Crippen molar-refractivity contribution >= 4 is 23.2 Å². The Morgan fingerprint density at radius 1 is 1.08 bits per heavy atom. The highest BCUT2D eigenvalue weighted by atomic mass is 32.1. The fourth-order valence-corrected chi connectivity index (χ4v) is 5.26. The standard InChI is InChI=1S/C28H30F2N2O3S/c1-3-19(2)16-31(28(34)20-4-6-21(29)7-5-20)17-27(33)32-14-12-26-24(13-15-36-26)25(32)18-35-23-10-8-22(30)9-11-23/h4-11,13,15,19,25H,3,12,14,16-18H2,1-2H3. The van der Waals surface area contributed by atoms with Crippen molar-refractivity contribution in [2.75, 3.05) is 26.2 Å². The average Bonchev–Trinajstić information content (AvgIpc) is 3.37. The highest BCUT2D eigenvalue weighted by molar-refractivity contribution is 7.10. The van der Waals surface area contributed by atoms with E-state index in [2.05, 4.69) is 0 Å². The van der Waals surface area contributed by atoms with Gasteiger partial charge < -0.3 is 14.5 Å². The number of fused-ring (bicyclic) bond motifs is 1. The minimum atomic E-state index is -0.417. The summed E-state index contributed by atoms with van der Waals surface area (Å²) in [6.45, 7) is 5.16. The quantitative estimate of drug-likeness (QED) is 0.369. The second-order valence-corrected chi connectivity index (χ2v) is 10.1. The van der Waals surface area contributed by atoms with Gasteiger partial charge in [-0.25, -0.2) is 8.78 Å². The van der Waals surface area contributed by atoms with Gasteiger partial charge in [0.05, 0.1) is 6.04 Å². The molecule has 0 saturated carbocycles. The fraction of sp³-hybridized carbons (Fsp3) is 0.357. The molecule has 0 N–H and O–H groups in total. The number of rotatable bonds is 9. The normalized spacial score (nSPS) is 15.8. The van der Waals surface area contributed by atoms with Gasteiger partial charge in [-0.05, 0) is 77.9 Å². The first-order valence-electron chi connectivity index (χ1n) is 12.1. The van der Waals surface area contributed by atoms with Crippen LogP contribution in [0.4, 0.5) is 8.78 Å². The number of hydrogen-bond acceptors (Lipinski definition) is 4. The van der Waals surface area contributed by atoms with E-state index in [0.717, 1.165) is 18.4 Å². The third kappa shape index (κ3) is 6.10. The number of carbonyl (C=O) groups excluding carboxylic acids is 2. The maximum atomic E-state index is 13.6. The lowest BCUT2D eigenvalue weighted by Gasteiger charge is -2.37.